The molecule has 2 heterocycles. The Morgan fingerprint density at radius 2 is 1.96 bits per heavy atom. The Hall–Kier alpha value is -3.02. The Bertz CT molecular complexity index is 1420. The van der Waals surface area contributed by atoms with E-state index in [4.69, 9.17) is 23.7 Å². The van der Waals surface area contributed by atoms with Crippen molar-refractivity contribution >= 4 is 30.5 Å². The number of carbonyl (C=O) groups excluding carboxylic acids is 1. The molecule has 0 spiro atoms. The second kappa shape index (κ2) is 16.0. The molecule has 1 aromatic heterocycles. The van der Waals surface area contributed by atoms with Gasteiger partial charge in [-0.05, 0) is 62.4 Å². The summed E-state index contributed by atoms with van der Waals surface area (Å²) in [5, 5.41) is 9.16. The fourth-order valence-corrected chi connectivity index (χ4v) is 6.54. The van der Waals surface area contributed by atoms with E-state index >= 15 is 0 Å². The lowest BCUT2D eigenvalue weighted by Gasteiger charge is -2.27. The van der Waals surface area contributed by atoms with E-state index in [-0.39, 0.29) is 30.8 Å². The zero-order valence-electron chi connectivity index (χ0n) is 27.3. The summed E-state index contributed by atoms with van der Waals surface area (Å²) in [5.41, 5.74) is 4.28. The van der Waals surface area contributed by atoms with Gasteiger partial charge in [0.25, 0.3) is 0 Å². The van der Waals surface area contributed by atoms with E-state index in [1.54, 1.807) is 6.92 Å². The first-order chi connectivity index (χ1) is 21.8. The molecular formula is C35H49N3O6Si. The first kappa shape index (κ1) is 33.3. The molecule has 3 atom stereocenters. The van der Waals surface area contributed by atoms with Gasteiger partial charge in [-0.15, -0.1) is 0 Å². The molecule has 0 bridgehead atoms. The minimum atomic E-state index is -1.18. The summed E-state index contributed by atoms with van der Waals surface area (Å²) >= 11 is 0. The molecule has 2 aliphatic rings. The highest BCUT2D eigenvalue weighted by molar-refractivity contribution is 6.76. The minimum absolute atomic E-state index is 0.145. The lowest BCUT2D eigenvalue weighted by atomic mass is 9.91. The number of nitrogens with zero attached hydrogens (tertiary/aromatic N) is 2. The predicted molar refractivity (Wildman–Crippen MR) is 179 cm³/mol. The molecule has 1 saturated heterocycles. The van der Waals surface area contributed by atoms with Crippen LogP contribution in [0.1, 0.15) is 43.7 Å². The number of nitrogens with one attached hydrogen (secondary N) is 1. The molecule has 9 nitrogen and oxygen atoms in total. The van der Waals surface area contributed by atoms with Crippen LogP contribution in [-0.2, 0) is 37.1 Å². The van der Waals surface area contributed by atoms with Crippen LogP contribution in [0.4, 0.5) is 0 Å². The molecule has 3 aromatic rings. The van der Waals surface area contributed by atoms with Crippen molar-refractivity contribution in [2.45, 2.75) is 89.9 Å². The number of benzene rings is 2. The normalized spacial score (nSPS) is 20.4. The molecule has 5 rings (SSSR count). The van der Waals surface area contributed by atoms with Crippen LogP contribution >= 0.6 is 0 Å². The van der Waals surface area contributed by atoms with E-state index < -0.39 is 8.07 Å². The smallest absolute Gasteiger partial charge is 0.344 e. The fraction of sp³-hybridized carbons (Fsp3) is 0.543. The highest BCUT2D eigenvalue weighted by atomic mass is 28.3. The molecule has 10 heteroatoms. The number of esters is 1. The molecule has 1 aliphatic heterocycles. The van der Waals surface area contributed by atoms with Gasteiger partial charge in [-0.25, -0.2) is 9.48 Å². The molecule has 1 aliphatic carbocycles. The third-order valence-corrected chi connectivity index (χ3v) is 10.1. The van der Waals surface area contributed by atoms with Gasteiger partial charge in [-0.3, -0.25) is 0 Å². The van der Waals surface area contributed by atoms with Crippen molar-refractivity contribution in [2.24, 2.45) is 0 Å². The quantitative estimate of drug-likeness (QED) is 0.113. The standard InChI is InChI=1S/C35H49N3O6Si/c1-5-41-35(39)24-44-34-20-32-28(21-37-38(32)25-40-17-18-45(2,3)4)19-30(34)27-11-13-29(14-12-27)42-23-31-33(15-16-36-31)43-22-26-9-7-6-8-10-26/h6-11,19-21,29,31,33,36H,5,12-18,22-25H2,1-4H3/t29?,31-,33+/m0/s1. The maximum absolute atomic E-state index is 12.2. The number of hydrogen-bond acceptors (Lipinski definition) is 8. The average molecular weight is 636 g/mol. The summed E-state index contributed by atoms with van der Waals surface area (Å²) in [6.45, 7) is 12.3. The Labute approximate surface area is 268 Å². The lowest BCUT2D eigenvalue weighted by Crippen LogP contribution is -2.38. The van der Waals surface area contributed by atoms with Crippen molar-refractivity contribution in [3.05, 3.63) is 65.9 Å². The van der Waals surface area contributed by atoms with Crippen LogP contribution in [-0.4, -0.2) is 75.0 Å². The highest BCUT2D eigenvalue weighted by Gasteiger charge is 2.29. The Balaban J connectivity index is 1.21. The fourth-order valence-electron chi connectivity index (χ4n) is 5.78. The van der Waals surface area contributed by atoms with E-state index in [2.05, 4.69) is 54.3 Å². The second-order valence-corrected chi connectivity index (χ2v) is 18.8. The lowest BCUT2D eigenvalue weighted by molar-refractivity contribution is -0.145. The van der Waals surface area contributed by atoms with Crippen LogP contribution in [0.15, 0.2) is 54.7 Å². The van der Waals surface area contributed by atoms with Gasteiger partial charge in [0, 0.05) is 31.7 Å². The molecule has 0 amide bonds. The average Bonchev–Trinajstić information content (AvgIpc) is 3.66. The van der Waals surface area contributed by atoms with Gasteiger partial charge in [0.05, 0.1) is 49.8 Å². The maximum atomic E-state index is 12.2. The molecule has 1 fully saturated rings. The summed E-state index contributed by atoms with van der Waals surface area (Å²) in [7, 11) is -1.18. The monoisotopic (exact) mass is 635 g/mol. The summed E-state index contributed by atoms with van der Waals surface area (Å²) in [4.78, 5) is 12.2. The van der Waals surface area contributed by atoms with Gasteiger partial charge in [0.2, 0.25) is 0 Å². The van der Waals surface area contributed by atoms with Gasteiger partial charge in [-0.2, -0.15) is 5.10 Å². The van der Waals surface area contributed by atoms with Gasteiger partial charge in [0.1, 0.15) is 12.5 Å². The van der Waals surface area contributed by atoms with Gasteiger partial charge < -0.3 is 29.0 Å². The summed E-state index contributed by atoms with van der Waals surface area (Å²) in [6.07, 6.45) is 8.00. The maximum Gasteiger partial charge on any atom is 0.344 e. The van der Waals surface area contributed by atoms with E-state index in [0.29, 0.717) is 32.3 Å². The van der Waals surface area contributed by atoms with Crippen molar-refractivity contribution in [1.82, 2.24) is 15.1 Å². The second-order valence-electron chi connectivity index (χ2n) is 13.1. The van der Waals surface area contributed by atoms with E-state index in [9.17, 15) is 4.79 Å². The summed E-state index contributed by atoms with van der Waals surface area (Å²) in [6, 6.07) is 15.7. The SMILES string of the molecule is CCOC(=O)COc1cc2c(cnn2COCC[Si](C)(C)C)cc1C1=CCC(OC[C@@H]2NCC[C@H]2OCc2ccccc2)CC1. The molecule has 1 N–H and O–H groups in total. The molecule has 0 radical (unpaired) electrons. The number of fused-ring (bicyclic) bond motifs is 1. The largest absolute Gasteiger partial charge is 0.481 e. The number of rotatable bonds is 16. The van der Waals surface area contributed by atoms with Crippen molar-refractivity contribution in [3.63, 3.8) is 0 Å². The highest BCUT2D eigenvalue weighted by Crippen LogP contribution is 2.37. The predicted octanol–water partition coefficient (Wildman–Crippen LogP) is 6.19. The molecule has 0 saturated carbocycles. The molecule has 45 heavy (non-hydrogen) atoms. The van der Waals surface area contributed by atoms with E-state index in [1.807, 2.05) is 35.1 Å². The van der Waals surface area contributed by atoms with Crippen LogP contribution in [0.2, 0.25) is 25.7 Å². The Morgan fingerprint density at radius 3 is 2.71 bits per heavy atom. The van der Waals surface area contributed by atoms with Crippen molar-refractivity contribution < 1.29 is 28.5 Å². The summed E-state index contributed by atoms with van der Waals surface area (Å²) < 4.78 is 31.7. The van der Waals surface area contributed by atoms with Crippen molar-refractivity contribution in [2.75, 3.05) is 33.0 Å². The van der Waals surface area contributed by atoms with E-state index in [1.165, 1.54) is 11.1 Å². The number of ether oxygens (including phenoxy) is 5. The van der Waals surface area contributed by atoms with Gasteiger partial charge in [-0.1, -0.05) is 56.0 Å². The number of allylic oxidation sites excluding steroid dienone is 1. The van der Waals surface area contributed by atoms with Gasteiger partial charge >= 0.3 is 5.97 Å². The number of aromatic nitrogens is 2. The third-order valence-electron chi connectivity index (χ3n) is 8.42. The number of carbonyl (C=O) groups is 1. The van der Waals surface area contributed by atoms with Crippen LogP contribution in [0.3, 0.4) is 0 Å². The first-order valence-corrected chi connectivity index (χ1v) is 20.1. The van der Waals surface area contributed by atoms with Crippen LogP contribution in [0, 0.1) is 0 Å². The third kappa shape index (κ3) is 9.73. The topological polar surface area (TPSA) is 93.1 Å². The zero-order chi connectivity index (χ0) is 31.6. The minimum Gasteiger partial charge on any atom is -0.481 e. The summed E-state index contributed by atoms with van der Waals surface area (Å²) in [5.74, 6) is 0.267. The Morgan fingerprint density at radius 1 is 1.11 bits per heavy atom. The Kier molecular flexibility index (Phi) is 11.9. The van der Waals surface area contributed by atoms with E-state index in [0.717, 1.165) is 61.3 Å². The van der Waals surface area contributed by atoms with Gasteiger partial charge in [0.15, 0.2) is 6.61 Å². The van der Waals surface area contributed by atoms with Crippen molar-refractivity contribution in [3.8, 4) is 5.75 Å². The molecular weight excluding hydrogens is 586 g/mol. The van der Waals surface area contributed by atoms with Crippen LogP contribution < -0.4 is 10.1 Å². The zero-order valence-corrected chi connectivity index (χ0v) is 28.3. The van der Waals surface area contributed by atoms with Crippen LogP contribution in [0.5, 0.6) is 5.75 Å². The molecule has 1 unspecified atom stereocenters. The first-order valence-electron chi connectivity index (χ1n) is 16.3. The molecule has 244 valence electrons. The van der Waals surface area contributed by atoms with Crippen molar-refractivity contribution in [1.29, 1.82) is 0 Å². The van der Waals surface area contributed by atoms with Crippen LogP contribution in [0.25, 0.3) is 16.5 Å². The molecule has 2 aromatic carbocycles. The number of hydrogen-bond donors (Lipinski definition) is 1.